The highest BCUT2D eigenvalue weighted by Gasteiger charge is 2.21. The van der Waals surface area contributed by atoms with Crippen molar-refractivity contribution in [2.45, 2.75) is 0 Å². The molecule has 3 rings (SSSR count). The number of nitro groups is 1. The molecule has 0 unspecified atom stereocenters. The Labute approximate surface area is 144 Å². The molecule has 0 atom stereocenters. The van der Waals surface area contributed by atoms with Crippen LogP contribution in [0.15, 0.2) is 48.5 Å². The molecule has 0 radical (unpaired) electrons. The number of hydrogen-bond donors (Lipinski definition) is 0. The molecule has 0 aliphatic heterocycles. The maximum absolute atomic E-state index is 11.6. The third-order valence-electron chi connectivity index (χ3n) is 4.04. The van der Waals surface area contributed by atoms with Crippen molar-refractivity contribution in [3.8, 4) is 28.4 Å². The van der Waals surface area contributed by atoms with Gasteiger partial charge in [0.25, 0.3) is 5.69 Å². The number of rotatable bonds is 5. The SMILES string of the molecule is COc1cc(-c2cc3ccccc3cc2[N+](=O)[O-])cc(OC)c1OC. The normalized spacial score (nSPS) is 10.5. The lowest BCUT2D eigenvalue weighted by molar-refractivity contribution is -0.384. The first-order valence-corrected chi connectivity index (χ1v) is 7.56. The van der Waals surface area contributed by atoms with Crippen LogP contribution in [0.3, 0.4) is 0 Å². The van der Waals surface area contributed by atoms with Gasteiger partial charge >= 0.3 is 0 Å². The largest absolute Gasteiger partial charge is 0.493 e. The van der Waals surface area contributed by atoms with Crippen molar-refractivity contribution in [3.05, 3.63) is 58.6 Å². The van der Waals surface area contributed by atoms with E-state index >= 15 is 0 Å². The van der Waals surface area contributed by atoms with Gasteiger partial charge in [-0.2, -0.15) is 0 Å². The van der Waals surface area contributed by atoms with Crippen molar-refractivity contribution in [1.82, 2.24) is 0 Å². The first-order chi connectivity index (χ1) is 12.1. The van der Waals surface area contributed by atoms with Gasteiger partial charge in [0.1, 0.15) is 0 Å². The van der Waals surface area contributed by atoms with E-state index in [1.165, 1.54) is 21.3 Å². The lowest BCUT2D eigenvalue weighted by atomic mass is 9.98. The van der Waals surface area contributed by atoms with Crippen LogP contribution in [0.2, 0.25) is 0 Å². The summed E-state index contributed by atoms with van der Waals surface area (Å²) in [7, 11) is 4.53. The van der Waals surface area contributed by atoms with Crippen LogP contribution in [0, 0.1) is 10.1 Å². The Morgan fingerprint density at radius 2 is 1.40 bits per heavy atom. The highest BCUT2D eigenvalue weighted by atomic mass is 16.6. The predicted molar refractivity (Wildman–Crippen MR) is 95.7 cm³/mol. The summed E-state index contributed by atoms with van der Waals surface area (Å²) in [6.07, 6.45) is 0. The van der Waals surface area contributed by atoms with Crippen molar-refractivity contribution in [2.75, 3.05) is 21.3 Å². The monoisotopic (exact) mass is 339 g/mol. The van der Waals surface area contributed by atoms with Gasteiger partial charge in [0.15, 0.2) is 11.5 Å². The van der Waals surface area contributed by atoms with Crippen LogP contribution in [0.1, 0.15) is 0 Å². The molecule has 0 saturated carbocycles. The molecule has 0 aliphatic rings. The molecular formula is C19H17NO5. The third kappa shape index (κ3) is 2.94. The topological polar surface area (TPSA) is 70.8 Å². The van der Waals surface area contributed by atoms with E-state index in [9.17, 15) is 10.1 Å². The Balaban J connectivity index is 2.31. The first kappa shape index (κ1) is 16.6. The van der Waals surface area contributed by atoms with Gasteiger partial charge < -0.3 is 14.2 Å². The number of benzene rings is 3. The average Bonchev–Trinajstić information content (AvgIpc) is 2.65. The van der Waals surface area contributed by atoms with E-state index in [4.69, 9.17) is 14.2 Å². The van der Waals surface area contributed by atoms with Crippen LogP contribution < -0.4 is 14.2 Å². The van der Waals surface area contributed by atoms with Crippen LogP contribution in [0.25, 0.3) is 21.9 Å². The summed E-state index contributed by atoms with van der Waals surface area (Å²) in [6, 6.07) is 14.3. The molecule has 6 nitrogen and oxygen atoms in total. The van der Waals surface area contributed by atoms with Gasteiger partial charge in [0, 0.05) is 6.07 Å². The lowest BCUT2D eigenvalue weighted by Gasteiger charge is -2.14. The fourth-order valence-electron chi connectivity index (χ4n) is 2.85. The molecule has 0 saturated heterocycles. The standard InChI is InChI=1S/C19H17NO5/c1-23-17-10-14(11-18(24-2)19(17)25-3)15-8-12-6-4-5-7-13(12)9-16(15)20(21)22/h4-11H,1-3H3. The van der Waals surface area contributed by atoms with E-state index in [0.29, 0.717) is 28.4 Å². The van der Waals surface area contributed by atoms with Crippen molar-refractivity contribution < 1.29 is 19.1 Å². The molecule has 25 heavy (non-hydrogen) atoms. The zero-order valence-electron chi connectivity index (χ0n) is 14.1. The van der Waals surface area contributed by atoms with Crippen LogP contribution in [-0.2, 0) is 0 Å². The molecule has 128 valence electrons. The Morgan fingerprint density at radius 1 is 0.840 bits per heavy atom. The quantitative estimate of drug-likeness (QED) is 0.507. The summed E-state index contributed by atoms with van der Waals surface area (Å²) in [5, 5.41) is 13.3. The smallest absolute Gasteiger partial charge is 0.277 e. The van der Waals surface area contributed by atoms with Crippen molar-refractivity contribution in [2.24, 2.45) is 0 Å². The molecule has 0 bridgehead atoms. The van der Waals surface area contributed by atoms with Gasteiger partial charge in [0.2, 0.25) is 5.75 Å². The zero-order valence-corrected chi connectivity index (χ0v) is 14.1. The second-order valence-electron chi connectivity index (χ2n) is 5.39. The molecule has 0 fully saturated rings. The molecule has 0 amide bonds. The summed E-state index contributed by atoms with van der Waals surface area (Å²) in [4.78, 5) is 11.2. The van der Waals surface area contributed by atoms with Gasteiger partial charge in [-0.25, -0.2) is 0 Å². The van der Waals surface area contributed by atoms with Gasteiger partial charge in [-0.1, -0.05) is 24.3 Å². The minimum Gasteiger partial charge on any atom is -0.493 e. The summed E-state index contributed by atoms with van der Waals surface area (Å²) in [5.74, 6) is 1.33. The number of nitrogens with zero attached hydrogens (tertiary/aromatic N) is 1. The zero-order chi connectivity index (χ0) is 18.0. The number of nitro benzene ring substituents is 1. The van der Waals surface area contributed by atoms with E-state index in [1.807, 2.05) is 24.3 Å². The maximum Gasteiger partial charge on any atom is 0.277 e. The number of ether oxygens (including phenoxy) is 3. The minimum absolute atomic E-state index is 0.0213. The number of fused-ring (bicyclic) bond motifs is 1. The molecule has 0 N–H and O–H groups in total. The maximum atomic E-state index is 11.6. The van der Waals surface area contributed by atoms with E-state index in [-0.39, 0.29) is 10.6 Å². The Morgan fingerprint density at radius 3 is 1.88 bits per heavy atom. The number of methoxy groups -OCH3 is 3. The van der Waals surface area contributed by atoms with Gasteiger partial charge in [-0.15, -0.1) is 0 Å². The van der Waals surface area contributed by atoms with Crippen molar-refractivity contribution in [1.29, 1.82) is 0 Å². The first-order valence-electron chi connectivity index (χ1n) is 7.56. The van der Waals surface area contributed by atoms with Gasteiger partial charge in [-0.05, 0) is 34.5 Å². The molecule has 0 aromatic heterocycles. The van der Waals surface area contributed by atoms with Crippen LogP contribution in [0.4, 0.5) is 5.69 Å². The predicted octanol–water partition coefficient (Wildman–Crippen LogP) is 4.44. The molecule has 0 spiro atoms. The molecule has 0 aliphatic carbocycles. The number of hydrogen-bond acceptors (Lipinski definition) is 5. The second kappa shape index (κ2) is 6.68. The highest BCUT2D eigenvalue weighted by molar-refractivity contribution is 5.92. The van der Waals surface area contributed by atoms with Crippen molar-refractivity contribution >= 4 is 16.5 Å². The molecule has 0 heterocycles. The van der Waals surface area contributed by atoms with Gasteiger partial charge in [-0.3, -0.25) is 10.1 Å². The lowest BCUT2D eigenvalue weighted by Crippen LogP contribution is -1.97. The summed E-state index contributed by atoms with van der Waals surface area (Å²) in [6.45, 7) is 0. The Bertz CT molecular complexity index is 927. The van der Waals surface area contributed by atoms with Crippen molar-refractivity contribution in [3.63, 3.8) is 0 Å². The van der Waals surface area contributed by atoms with Gasteiger partial charge in [0.05, 0.1) is 31.8 Å². The highest BCUT2D eigenvalue weighted by Crippen LogP contribution is 2.43. The van der Waals surface area contributed by atoms with E-state index in [1.54, 1.807) is 24.3 Å². The molecule has 3 aromatic rings. The average molecular weight is 339 g/mol. The fraction of sp³-hybridized carbons (Fsp3) is 0.158. The molecular weight excluding hydrogens is 322 g/mol. The van der Waals surface area contributed by atoms with Crippen LogP contribution in [-0.4, -0.2) is 26.3 Å². The third-order valence-corrected chi connectivity index (χ3v) is 4.04. The second-order valence-corrected chi connectivity index (χ2v) is 5.39. The summed E-state index contributed by atoms with van der Waals surface area (Å²) in [5.41, 5.74) is 1.13. The molecule has 6 heteroatoms. The Kier molecular flexibility index (Phi) is 4.43. The molecule has 3 aromatic carbocycles. The summed E-state index contributed by atoms with van der Waals surface area (Å²) >= 11 is 0. The van der Waals surface area contributed by atoms with Crippen LogP contribution in [0.5, 0.6) is 17.2 Å². The van der Waals surface area contributed by atoms with E-state index in [2.05, 4.69) is 0 Å². The minimum atomic E-state index is -0.384. The Hall–Kier alpha value is -3.28. The van der Waals surface area contributed by atoms with E-state index < -0.39 is 0 Å². The van der Waals surface area contributed by atoms with Crippen LogP contribution >= 0.6 is 0 Å². The fourth-order valence-corrected chi connectivity index (χ4v) is 2.85. The van der Waals surface area contributed by atoms with E-state index in [0.717, 1.165) is 10.8 Å². The summed E-state index contributed by atoms with van der Waals surface area (Å²) < 4.78 is 16.0.